The lowest BCUT2D eigenvalue weighted by atomic mass is 10.4. The minimum Gasteiger partial charge on any atom is -0.370 e. The molecule has 0 aromatic carbocycles. The fourth-order valence-electron chi connectivity index (χ4n) is 0.973. The van der Waals surface area contributed by atoms with Crippen molar-refractivity contribution in [3.63, 3.8) is 0 Å². The second-order valence-corrected chi connectivity index (χ2v) is 2.95. The predicted molar refractivity (Wildman–Crippen MR) is 49.4 cm³/mol. The van der Waals surface area contributed by atoms with E-state index in [-0.39, 0.29) is 5.91 Å². The molecule has 3 N–H and O–H groups in total. The van der Waals surface area contributed by atoms with Crippen LogP contribution in [0.3, 0.4) is 0 Å². The molecule has 0 saturated carbocycles. The van der Waals surface area contributed by atoms with Crippen molar-refractivity contribution >= 4 is 5.91 Å². The van der Waals surface area contributed by atoms with Crippen molar-refractivity contribution in [3.8, 4) is 0 Å². The molecular weight excluding hydrogens is 184 g/mol. The van der Waals surface area contributed by atoms with Crippen molar-refractivity contribution in [2.45, 2.75) is 19.8 Å². The fourth-order valence-corrected chi connectivity index (χ4v) is 0.973. The summed E-state index contributed by atoms with van der Waals surface area (Å²) in [5, 5.41) is 6.70. The van der Waals surface area contributed by atoms with Crippen molar-refractivity contribution in [3.05, 3.63) is 11.7 Å². The van der Waals surface area contributed by atoms with E-state index >= 15 is 0 Å². The summed E-state index contributed by atoms with van der Waals surface area (Å²) in [7, 11) is 0. The number of carbonyl (C=O) groups excluding carboxylic acids is 1. The van der Waals surface area contributed by atoms with E-state index < -0.39 is 0 Å². The summed E-state index contributed by atoms with van der Waals surface area (Å²) in [5.41, 5.74) is 4.97. The van der Waals surface area contributed by atoms with Gasteiger partial charge in [0.05, 0.1) is 0 Å². The first-order chi connectivity index (χ1) is 6.68. The van der Waals surface area contributed by atoms with Crippen LogP contribution in [0.15, 0.2) is 4.52 Å². The summed E-state index contributed by atoms with van der Waals surface area (Å²) >= 11 is 0. The molecule has 0 atom stereocenters. The van der Waals surface area contributed by atoms with E-state index in [9.17, 15) is 4.79 Å². The highest BCUT2D eigenvalue weighted by molar-refractivity contribution is 5.73. The number of amides is 1. The van der Waals surface area contributed by atoms with Crippen LogP contribution >= 0.6 is 0 Å². The van der Waals surface area contributed by atoms with Crippen LogP contribution < -0.4 is 11.1 Å². The van der Waals surface area contributed by atoms with Gasteiger partial charge in [0.25, 0.3) is 0 Å². The summed E-state index contributed by atoms with van der Waals surface area (Å²) in [4.78, 5) is 14.4. The van der Waals surface area contributed by atoms with Gasteiger partial charge >= 0.3 is 0 Å². The number of carbonyl (C=O) groups is 1. The number of hydrogen-bond donors (Lipinski definition) is 2. The summed E-state index contributed by atoms with van der Waals surface area (Å²) in [6.07, 6.45) is 1.02. The molecule has 1 amide bonds. The molecule has 78 valence electrons. The monoisotopic (exact) mass is 198 g/mol. The Kier molecular flexibility index (Phi) is 4.06. The molecule has 1 aromatic rings. The molecule has 6 heteroatoms. The van der Waals surface area contributed by atoms with Gasteiger partial charge in [-0.15, -0.1) is 0 Å². The average Bonchev–Trinajstić information content (AvgIpc) is 2.50. The van der Waals surface area contributed by atoms with Gasteiger partial charge in [-0.25, -0.2) is 0 Å². The number of rotatable bonds is 6. The zero-order chi connectivity index (χ0) is 10.4. The van der Waals surface area contributed by atoms with Crippen molar-refractivity contribution in [2.24, 2.45) is 5.73 Å². The van der Waals surface area contributed by atoms with Gasteiger partial charge in [-0.05, 0) is 6.92 Å². The second-order valence-electron chi connectivity index (χ2n) is 2.95. The number of nitrogens with one attached hydrogen (secondary N) is 1. The molecule has 0 fully saturated rings. The van der Waals surface area contributed by atoms with Crippen LogP contribution in [0.5, 0.6) is 0 Å². The van der Waals surface area contributed by atoms with Crippen molar-refractivity contribution in [2.75, 3.05) is 13.1 Å². The predicted octanol–water partition coefficient (Wildman–Crippen LogP) is -0.614. The average molecular weight is 198 g/mol. The third kappa shape index (κ3) is 3.99. The molecule has 1 rings (SSSR count). The normalized spacial score (nSPS) is 10.4. The third-order valence-electron chi connectivity index (χ3n) is 1.63. The Hall–Kier alpha value is -1.43. The quantitative estimate of drug-likeness (QED) is 0.594. The van der Waals surface area contributed by atoms with Gasteiger partial charge in [0, 0.05) is 25.9 Å². The lowest BCUT2D eigenvalue weighted by Gasteiger charge is -1.99. The van der Waals surface area contributed by atoms with Gasteiger partial charge in [-0.2, -0.15) is 4.98 Å². The van der Waals surface area contributed by atoms with Crippen LogP contribution in [0.1, 0.15) is 18.1 Å². The number of primary amides is 1. The maximum absolute atomic E-state index is 10.4. The van der Waals surface area contributed by atoms with Gasteiger partial charge in [0.2, 0.25) is 11.8 Å². The third-order valence-corrected chi connectivity index (χ3v) is 1.63. The molecule has 0 radical (unpaired) electrons. The second kappa shape index (κ2) is 5.33. The van der Waals surface area contributed by atoms with E-state index in [1.54, 1.807) is 6.92 Å². The molecule has 14 heavy (non-hydrogen) atoms. The number of hydrogen-bond acceptors (Lipinski definition) is 5. The Bertz CT molecular complexity index is 297. The first-order valence-electron chi connectivity index (χ1n) is 4.46. The van der Waals surface area contributed by atoms with Crippen molar-refractivity contribution < 1.29 is 9.32 Å². The van der Waals surface area contributed by atoms with E-state index in [0.717, 1.165) is 0 Å². The lowest BCUT2D eigenvalue weighted by Crippen LogP contribution is -2.23. The SMILES string of the molecule is Cc1noc(CCNCCC(N)=O)n1. The maximum Gasteiger partial charge on any atom is 0.227 e. The van der Waals surface area contributed by atoms with E-state index in [1.165, 1.54) is 0 Å². The highest BCUT2D eigenvalue weighted by Crippen LogP contribution is 1.95. The Morgan fingerprint density at radius 2 is 2.36 bits per heavy atom. The van der Waals surface area contributed by atoms with E-state index in [1.807, 2.05) is 0 Å². The molecule has 0 aliphatic rings. The Labute approximate surface area is 81.9 Å². The topological polar surface area (TPSA) is 94.0 Å². The lowest BCUT2D eigenvalue weighted by molar-refractivity contribution is -0.117. The molecule has 6 nitrogen and oxygen atoms in total. The van der Waals surface area contributed by atoms with Crippen LogP contribution in [0.25, 0.3) is 0 Å². The Morgan fingerprint density at radius 1 is 1.57 bits per heavy atom. The summed E-state index contributed by atoms with van der Waals surface area (Å²) in [6, 6.07) is 0. The number of aromatic nitrogens is 2. The molecule has 1 heterocycles. The van der Waals surface area contributed by atoms with E-state index in [4.69, 9.17) is 10.3 Å². The minimum atomic E-state index is -0.300. The van der Waals surface area contributed by atoms with E-state index in [2.05, 4.69) is 15.5 Å². The van der Waals surface area contributed by atoms with Gasteiger partial charge in [-0.3, -0.25) is 4.79 Å². The highest BCUT2D eigenvalue weighted by Gasteiger charge is 2.01. The fraction of sp³-hybridized carbons (Fsp3) is 0.625. The summed E-state index contributed by atoms with van der Waals surface area (Å²) < 4.78 is 4.90. The molecule has 0 spiro atoms. The number of nitrogens with two attached hydrogens (primary N) is 1. The molecule has 1 aromatic heterocycles. The highest BCUT2D eigenvalue weighted by atomic mass is 16.5. The number of aryl methyl sites for hydroxylation is 1. The van der Waals surface area contributed by atoms with Crippen LogP contribution in [-0.4, -0.2) is 29.1 Å². The summed E-state index contributed by atoms with van der Waals surface area (Å²) in [6.45, 7) is 3.06. The standard InChI is InChI=1S/C8H14N4O2/c1-6-11-8(14-12-6)3-5-10-4-2-7(9)13/h10H,2-5H2,1H3,(H2,9,13). The van der Waals surface area contributed by atoms with Crippen LogP contribution in [0, 0.1) is 6.92 Å². The van der Waals surface area contributed by atoms with E-state index in [0.29, 0.717) is 37.6 Å². The Morgan fingerprint density at radius 3 is 2.93 bits per heavy atom. The Balaban J connectivity index is 2.07. The van der Waals surface area contributed by atoms with Gasteiger partial charge < -0.3 is 15.6 Å². The molecule has 0 saturated heterocycles. The molecule has 0 aliphatic carbocycles. The molecular formula is C8H14N4O2. The largest absolute Gasteiger partial charge is 0.370 e. The summed E-state index contributed by atoms with van der Waals surface area (Å²) in [5.74, 6) is 0.942. The van der Waals surface area contributed by atoms with Gasteiger partial charge in [-0.1, -0.05) is 5.16 Å². The minimum absolute atomic E-state index is 0.300. The first kappa shape index (κ1) is 10.6. The number of nitrogens with zero attached hydrogens (tertiary/aromatic N) is 2. The van der Waals surface area contributed by atoms with Crippen LogP contribution in [0.2, 0.25) is 0 Å². The maximum atomic E-state index is 10.4. The molecule has 0 unspecified atom stereocenters. The zero-order valence-corrected chi connectivity index (χ0v) is 8.12. The van der Waals surface area contributed by atoms with Crippen molar-refractivity contribution in [1.29, 1.82) is 0 Å². The molecule has 0 bridgehead atoms. The van der Waals surface area contributed by atoms with Gasteiger partial charge in [0.1, 0.15) is 0 Å². The zero-order valence-electron chi connectivity index (χ0n) is 8.12. The van der Waals surface area contributed by atoms with Crippen LogP contribution in [-0.2, 0) is 11.2 Å². The van der Waals surface area contributed by atoms with Gasteiger partial charge in [0.15, 0.2) is 5.82 Å². The smallest absolute Gasteiger partial charge is 0.227 e. The van der Waals surface area contributed by atoms with Crippen LogP contribution in [0.4, 0.5) is 0 Å². The first-order valence-corrected chi connectivity index (χ1v) is 4.46. The van der Waals surface area contributed by atoms with Crippen molar-refractivity contribution in [1.82, 2.24) is 15.5 Å². The molecule has 0 aliphatic heterocycles.